The van der Waals surface area contributed by atoms with Crippen LogP contribution in [0.3, 0.4) is 0 Å². The van der Waals surface area contributed by atoms with E-state index in [4.69, 9.17) is 20.0 Å². The van der Waals surface area contributed by atoms with E-state index in [2.05, 4.69) is 267 Å². The first kappa shape index (κ1) is 53.3. The topological polar surface area (TPSA) is 49.4 Å². The van der Waals surface area contributed by atoms with Crippen molar-refractivity contribution in [2.75, 3.05) is 0 Å². The van der Waals surface area contributed by atoms with Crippen molar-refractivity contribution in [1.29, 1.82) is 0 Å². The summed E-state index contributed by atoms with van der Waals surface area (Å²) in [5.74, 6) is 0.0670. The highest BCUT2D eigenvalue weighted by atomic mass is 32.2. The van der Waals surface area contributed by atoms with Crippen LogP contribution in [0.15, 0.2) is 281 Å². The molecule has 0 aromatic heterocycles. The fourth-order valence-corrected chi connectivity index (χ4v) is 20.7. The van der Waals surface area contributed by atoms with E-state index in [0.29, 0.717) is 0 Å². The Bertz CT molecular complexity index is 5140. The molecule has 8 aromatic carbocycles. The zero-order valence-corrected chi connectivity index (χ0v) is 52.3. The molecule has 10 atom stereocenters. The van der Waals surface area contributed by atoms with Gasteiger partial charge in [-0.15, -0.1) is 11.8 Å². The molecule has 430 valence electrons. The predicted octanol–water partition coefficient (Wildman–Crippen LogP) is 18.4. The first-order valence-corrected chi connectivity index (χ1v) is 35.2. The number of hydrogen-bond acceptors (Lipinski definition) is 8. The van der Waals surface area contributed by atoms with Gasteiger partial charge in [0.15, 0.2) is 0 Å². The molecule has 0 bridgehead atoms. The standard InChI is InChI=1S/C82H58N4S4/c1-3-19-47(20-4-1)49-35-39-57-61(43-49)75(79-83-65-27-11-15-31-69(65)87-79)59-41-37-51(45-63(59)77(57)81-85-67-29-13-17-33-71(67)89-81)73-53-23-7-9-25-55(53)74(56-26-10-8-24-54(56)73)52-38-42-60-64(46-52)78(82-86-68-30-14-18-34-72(68)90-82)58-40-36-50(48-21-5-2-6-22-48)44-62(58)76(60)80-84-66-28-12-16-32-70(66)88-80/h1-7,9,11-46,57,65-72,77H,8,10H2. The molecule has 4 heterocycles. The maximum absolute atomic E-state index is 5.67. The van der Waals surface area contributed by atoms with Crippen LogP contribution in [-0.4, -0.2) is 65.3 Å². The van der Waals surface area contributed by atoms with Crippen molar-refractivity contribution in [3.05, 3.63) is 299 Å². The fourth-order valence-electron chi connectivity index (χ4n) is 15.6. The number of allylic oxidation sites excluding steroid dienone is 13. The first-order valence-electron chi connectivity index (χ1n) is 31.7. The Morgan fingerprint density at radius 2 is 0.822 bits per heavy atom. The number of fused-ring (bicyclic) bond motifs is 10. The fraction of sp³-hybridized carbons (Fsp3) is 0.146. The predicted molar refractivity (Wildman–Crippen MR) is 391 cm³/mol. The van der Waals surface area contributed by atoms with Gasteiger partial charge in [-0.3, -0.25) is 20.0 Å². The monoisotopic (exact) mass is 1230 g/mol. The molecule has 0 amide bonds. The highest BCUT2D eigenvalue weighted by Crippen LogP contribution is 2.55. The summed E-state index contributed by atoms with van der Waals surface area (Å²) in [5.41, 5.74) is 17.5. The number of hydrogen-bond donors (Lipinski definition) is 0. The van der Waals surface area contributed by atoms with E-state index < -0.39 is 0 Å². The van der Waals surface area contributed by atoms with Gasteiger partial charge in [0, 0.05) is 28.5 Å². The minimum absolute atomic E-state index is 0.00815. The normalized spacial score (nSPS) is 26.7. The number of thioether (sulfide) groups is 4. The van der Waals surface area contributed by atoms with Crippen LogP contribution in [0.4, 0.5) is 0 Å². The van der Waals surface area contributed by atoms with Crippen molar-refractivity contribution in [3.63, 3.8) is 0 Å². The lowest BCUT2D eigenvalue weighted by atomic mass is 9.68. The molecule has 7 aliphatic carbocycles. The minimum Gasteiger partial charge on any atom is -0.273 e. The van der Waals surface area contributed by atoms with Crippen LogP contribution in [0.1, 0.15) is 46.6 Å². The quantitative estimate of drug-likeness (QED) is 0.142. The van der Waals surface area contributed by atoms with Gasteiger partial charge >= 0.3 is 0 Å². The Hall–Kier alpha value is -8.50. The highest BCUT2D eigenvalue weighted by molar-refractivity contribution is 8.16. The second-order valence-corrected chi connectivity index (χ2v) is 29.5. The molecule has 0 N–H and O–H groups in total. The summed E-state index contributed by atoms with van der Waals surface area (Å²) in [6, 6.07) is 53.4. The molecule has 8 aromatic rings. The summed E-state index contributed by atoms with van der Waals surface area (Å²) in [5, 5.41) is 15.6. The van der Waals surface area contributed by atoms with E-state index in [0.717, 1.165) is 28.0 Å². The van der Waals surface area contributed by atoms with Crippen molar-refractivity contribution in [3.8, 4) is 33.4 Å². The third kappa shape index (κ3) is 8.69. The third-order valence-corrected chi connectivity index (χ3v) is 24.8. The Morgan fingerprint density at radius 3 is 1.40 bits per heavy atom. The number of aliphatic imine (C=N–C) groups is 4. The summed E-state index contributed by atoms with van der Waals surface area (Å²) in [6.07, 6.45) is 50.3. The molecule has 8 heteroatoms. The van der Waals surface area contributed by atoms with Crippen molar-refractivity contribution in [2.24, 2.45) is 25.9 Å². The van der Waals surface area contributed by atoms with Crippen LogP contribution in [0.5, 0.6) is 0 Å². The summed E-state index contributed by atoms with van der Waals surface area (Å²) in [4.78, 5) is 22.5. The van der Waals surface area contributed by atoms with E-state index >= 15 is 0 Å². The van der Waals surface area contributed by atoms with Crippen molar-refractivity contribution >= 4 is 123 Å². The van der Waals surface area contributed by atoms with Crippen molar-refractivity contribution < 1.29 is 0 Å². The van der Waals surface area contributed by atoms with Crippen molar-refractivity contribution in [2.45, 2.75) is 63.9 Å². The number of nitrogens with zero attached hydrogens (tertiary/aromatic N) is 4. The lowest BCUT2D eigenvalue weighted by molar-refractivity contribution is 0.703. The molecule has 19 rings (SSSR count). The molecule has 0 saturated heterocycles. The average molecular weight is 1230 g/mol. The molecule has 10 unspecified atom stereocenters. The zero-order valence-electron chi connectivity index (χ0n) is 49.0. The minimum atomic E-state index is 0.00815. The molecule has 4 nitrogen and oxygen atoms in total. The summed E-state index contributed by atoms with van der Waals surface area (Å²) >= 11 is 7.70. The van der Waals surface area contributed by atoms with E-state index in [1.54, 1.807) is 0 Å². The molecule has 0 radical (unpaired) electrons. The Labute approximate surface area is 540 Å². The largest absolute Gasteiger partial charge is 0.273 e. The molecule has 11 aliphatic rings. The van der Waals surface area contributed by atoms with Gasteiger partial charge in [0.05, 0.1) is 50.2 Å². The van der Waals surface area contributed by atoms with Gasteiger partial charge < -0.3 is 0 Å². The van der Waals surface area contributed by atoms with Gasteiger partial charge in [-0.25, -0.2) is 0 Å². The molecule has 0 fully saturated rings. The smallest absolute Gasteiger partial charge is 0.100 e. The first-order chi connectivity index (χ1) is 44.6. The maximum Gasteiger partial charge on any atom is 0.100 e. The van der Waals surface area contributed by atoms with Crippen LogP contribution >= 0.6 is 47.0 Å². The highest BCUT2D eigenvalue weighted by Gasteiger charge is 2.45. The van der Waals surface area contributed by atoms with Crippen molar-refractivity contribution in [1.82, 2.24) is 0 Å². The van der Waals surface area contributed by atoms with Gasteiger partial charge in [0.1, 0.15) is 15.1 Å². The van der Waals surface area contributed by atoms with Gasteiger partial charge in [0.25, 0.3) is 0 Å². The van der Waals surface area contributed by atoms with Crippen LogP contribution in [0.25, 0.3) is 89.0 Å². The molecule has 90 heavy (non-hydrogen) atoms. The summed E-state index contributed by atoms with van der Waals surface area (Å²) < 4.78 is 0. The van der Waals surface area contributed by atoms with Crippen LogP contribution in [0.2, 0.25) is 0 Å². The van der Waals surface area contributed by atoms with E-state index in [1.165, 1.54) is 126 Å². The Kier molecular flexibility index (Phi) is 12.8. The molecule has 4 aliphatic heterocycles. The van der Waals surface area contributed by atoms with Gasteiger partial charge in [0.2, 0.25) is 0 Å². The van der Waals surface area contributed by atoms with Crippen LogP contribution in [0, 0.1) is 5.92 Å². The Balaban J connectivity index is 0.833. The summed E-state index contributed by atoms with van der Waals surface area (Å²) in [7, 11) is 0. The van der Waals surface area contributed by atoms with Gasteiger partial charge in [-0.05, 0) is 141 Å². The Morgan fingerprint density at radius 1 is 0.356 bits per heavy atom. The van der Waals surface area contributed by atoms with Crippen LogP contribution < -0.4 is 10.4 Å². The summed E-state index contributed by atoms with van der Waals surface area (Å²) in [6.45, 7) is 0. The lowest BCUT2D eigenvalue weighted by Gasteiger charge is -2.37. The third-order valence-electron chi connectivity index (χ3n) is 19.7. The lowest BCUT2D eigenvalue weighted by Crippen LogP contribution is -2.32. The zero-order chi connectivity index (χ0) is 59.0. The number of rotatable bonds is 8. The van der Waals surface area contributed by atoms with E-state index in [-0.39, 0.29) is 57.0 Å². The van der Waals surface area contributed by atoms with Gasteiger partial charge in [-0.2, -0.15) is 0 Å². The van der Waals surface area contributed by atoms with Crippen LogP contribution in [-0.2, 0) is 0 Å². The molecule has 0 saturated carbocycles. The van der Waals surface area contributed by atoms with E-state index in [9.17, 15) is 0 Å². The molecular formula is C82H58N4S4. The number of benzene rings is 8. The van der Waals surface area contributed by atoms with E-state index in [1.807, 2.05) is 47.0 Å². The maximum atomic E-state index is 5.67. The molecular weight excluding hydrogens is 1170 g/mol. The molecule has 0 spiro atoms. The second-order valence-electron chi connectivity index (χ2n) is 24.8. The second kappa shape index (κ2) is 21.6. The average Bonchev–Trinajstić information content (AvgIpc) is 1.04. The SMILES string of the molecule is C1=CC2N=C(C3=C4C=C(c5ccccc5)C=CC4C(C4=NC5C=CC=CC5S4)c4cc(-c5c6c(c(-c7ccc8c(C9=NC%10C=CC=CC%10S9)c9cc(-c%10ccccc%10)ccc9c(C9=NC%10C=CC=CC%10S9)c8c7)c7ccccc57)=CCCC=6)ccc43)SC2C=C1. The van der Waals surface area contributed by atoms with Gasteiger partial charge in [-0.1, -0.05) is 278 Å².